The van der Waals surface area contributed by atoms with Gasteiger partial charge in [-0.05, 0) is 37.5 Å². The van der Waals surface area contributed by atoms with E-state index in [4.69, 9.17) is 37.0 Å². The van der Waals surface area contributed by atoms with Crippen LogP contribution in [0.3, 0.4) is 0 Å². The van der Waals surface area contributed by atoms with Crippen molar-refractivity contribution in [3.05, 3.63) is 0 Å². The number of unbranched alkanes of at least 4 members (excludes halogenated alkanes) is 48. The second-order valence-electron chi connectivity index (χ2n) is 29.5. The van der Waals surface area contributed by atoms with Crippen molar-refractivity contribution in [1.82, 2.24) is 0 Å². The number of esters is 4. The molecule has 0 bridgehead atoms. The first kappa shape index (κ1) is 97.1. The molecule has 6 atom stereocenters. The molecule has 0 rings (SSSR count). The minimum absolute atomic E-state index is 0.105. The Balaban J connectivity index is 5.23. The van der Waals surface area contributed by atoms with Gasteiger partial charge in [0.1, 0.15) is 19.3 Å². The summed E-state index contributed by atoms with van der Waals surface area (Å²) in [7, 11) is -9.92. The van der Waals surface area contributed by atoms with Crippen LogP contribution in [0.1, 0.15) is 420 Å². The monoisotopic (exact) mass is 1450 g/mol. The molecule has 0 aliphatic carbocycles. The number of rotatable bonds is 79. The highest BCUT2D eigenvalue weighted by Crippen LogP contribution is 2.45. The Labute approximate surface area is 607 Å². The maximum Gasteiger partial charge on any atom is 0.472 e. The van der Waals surface area contributed by atoms with Gasteiger partial charge in [-0.1, -0.05) is 369 Å². The zero-order valence-electron chi connectivity index (χ0n) is 64.8. The molecule has 3 unspecified atom stereocenters. The minimum atomic E-state index is -4.96. The van der Waals surface area contributed by atoms with Crippen LogP contribution in [0.2, 0.25) is 0 Å². The molecule has 0 aromatic heterocycles. The molecule has 0 radical (unpaired) electrons. The second kappa shape index (κ2) is 71.7. The van der Waals surface area contributed by atoms with E-state index in [0.29, 0.717) is 25.7 Å². The lowest BCUT2D eigenvalue weighted by molar-refractivity contribution is -0.161. The number of aliphatic hydroxyl groups excluding tert-OH is 1. The second-order valence-corrected chi connectivity index (χ2v) is 32.4. The van der Waals surface area contributed by atoms with Crippen molar-refractivity contribution in [3.63, 3.8) is 0 Å². The predicted molar refractivity (Wildman–Crippen MR) is 405 cm³/mol. The van der Waals surface area contributed by atoms with Crippen LogP contribution in [0.15, 0.2) is 0 Å². The smallest absolute Gasteiger partial charge is 0.462 e. The maximum atomic E-state index is 13.1. The van der Waals surface area contributed by atoms with Crippen LogP contribution in [0.25, 0.3) is 0 Å². The predicted octanol–water partition coefficient (Wildman–Crippen LogP) is 23.9. The van der Waals surface area contributed by atoms with Crippen molar-refractivity contribution in [2.24, 2.45) is 11.8 Å². The lowest BCUT2D eigenvalue weighted by Crippen LogP contribution is -2.30. The molecule has 19 heteroatoms. The average Bonchev–Trinajstić information content (AvgIpc) is 1.31. The van der Waals surface area contributed by atoms with Gasteiger partial charge in [-0.15, -0.1) is 0 Å². The van der Waals surface area contributed by atoms with Gasteiger partial charge in [-0.2, -0.15) is 0 Å². The molecule has 0 amide bonds. The summed E-state index contributed by atoms with van der Waals surface area (Å²) in [6.45, 7) is 9.58. The number of hydrogen-bond acceptors (Lipinski definition) is 15. The van der Waals surface area contributed by atoms with Gasteiger partial charge in [0.15, 0.2) is 12.2 Å². The van der Waals surface area contributed by atoms with Gasteiger partial charge >= 0.3 is 39.5 Å². The zero-order chi connectivity index (χ0) is 72.8. The summed E-state index contributed by atoms with van der Waals surface area (Å²) in [5.74, 6) is -0.629. The summed E-state index contributed by atoms with van der Waals surface area (Å²) in [4.78, 5) is 73.0. The third kappa shape index (κ3) is 72.8. The number of aliphatic hydroxyl groups is 1. The Morgan fingerprint density at radius 2 is 0.515 bits per heavy atom. The van der Waals surface area contributed by atoms with Crippen molar-refractivity contribution < 1.29 is 80.2 Å². The molecule has 0 saturated carbocycles. The Hall–Kier alpha value is -1.94. The highest BCUT2D eigenvalue weighted by molar-refractivity contribution is 7.47. The summed E-state index contributed by atoms with van der Waals surface area (Å²) in [5, 5.41) is 10.6. The summed E-state index contributed by atoms with van der Waals surface area (Å²) >= 11 is 0. The van der Waals surface area contributed by atoms with Crippen molar-refractivity contribution in [3.8, 4) is 0 Å². The molecule has 0 aromatic carbocycles. The fourth-order valence-corrected chi connectivity index (χ4v) is 13.9. The standard InChI is InChI=1S/C80H156O17P2/c1-7-10-12-14-16-18-20-22-24-26-27-28-29-31-33-35-40-44-52-58-64-79(84)96-75(68-90-77(82)62-56-50-43-39-34-32-30-25-23-21-19-17-15-13-11-8-2)70-94-98(86,87)92-66-74(81)67-93-99(88,89)95-71-76(69-91-78(83)63-57-51-47-46-49-55-61-73(6)9-3)97-80(85)65-59-53-45-41-37-36-38-42-48-54-60-72(4)5/h72-76,81H,7-71H2,1-6H3,(H,86,87)(H,88,89)/t73?,74-,75-,76-/m1/s1. The quantitative estimate of drug-likeness (QED) is 0.0222. The zero-order valence-corrected chi connectivity index (χ0v) is 66.6. The van der Waals surface area contributed by atoms with Gasteiger partial charge in [0.25, 0.3) is 0 Å². The fraction of sp³-hybridized carbons (Fsp3) is 0.950. The van der Waals surface area contributed by atoms with E-state index in [2.05, 4.69) is 41.5 Å². The molecule has 588 valence electrons. The molecule has 99 heavy (non-hydrogen) atoms. The molecular weight excluding hydrogens is 1290 g/mol. The topological polar surface area (TPSA) is 237 Å². The van der Waals surface area contributed by atoms with Crippen LogP contribution < -0.4 is 0 Å². The van der Waals surface area contributed by atoms with E-state index in [-0.39, 0.29) is 25.7 Å². The van der Waals surface area contributed by atoms with Crippen molar-refractivity contribution in [2.45, 2.75) is 439 Å². The first-order valence-corrected chi connectivity index (χ1v) is 44.5. The lowest BCUT2D eigenvalue weighted by atomic mass is 10.00. The number of phosphoric acid groups is 2. The van der Waals surface area contributed by atoms with Crippen LogP contribution in [-0.2, 0) is 65.4 Å². The molecule has 0 fully saturated rings. The van der Waals surface area contributed by atoms with E-state index >= 15 is 0 Å². The minimum Gasteiger partial charge on any atom is -0.462 e. The van der Waals surface area contributed by atoms with E-state index in [0.717, 1.165) is 108 Å². The fourth-order valence-electron chi connectivity index (χ4n) is 12.3. The molecule has 0 saturated heterocycles. The van der Waals surface area contributed by atoms with Gasteiger partial charge in [-0.25, -0.2) is 9.13 Å². The van der Waals surface area contributed by atoms with Crippen molar-refractivity contribution >= 4 is 39.5 Å². The van der Waals surface area contributed by atoms with Gasteiger partial charge in [-0.3, -0.25) is 37.3 Å². The van der Waals surface area contributed by atoms with Crippen molar-refractivity contribution in [2.75, 3.05) is 39.6 Å². The molecule has 3 N–H and O–H groups in total. The Morgan fingerprint density at radius 1 is 0.293 bits per heavy atom. The highest BCUT2D eigenvalue weighted by atomic mass is 31.2. The average molecular weight is 1450 g/mol. The lowest BCUT2D eigenvalue weighted by Gasteiger charge is -2.21. The van der Waals surface area contributed by atoms with E-state index in [9.17, 15) is 43.2 Å². The van der Waals surface area contributed by atoms with Gasteiger partial charge < -0.3 is 33.8 Å². The number of phosphoric ester groups is 2. The largest absolute Gasteiger partial charge is 0.472 e. The highest BCUT2D eigenvalue weighted by Gasteiger charge is 2.30. The van der Waals surface area contributed by atoms with Crippen LogP contribution >= 0.6 is 15.6 Å². The summed E-state index contributed by atoms with van der Waals surface area (Å²) < 4.78 is 68.7. The third-order valence-electron chi connectivity index (χ3n) is 19.1. The number of carbonyl (C=O) groups is 4. The summed E-state index contributed by atoms with van der Waals surface area (Å²) in [5.41, 5.74) is 0. The molecule has 17 nitrogen and oxygen atoms in total. The van der Waals surface area contributed by atoms with Gasteiger partial charge in [0.2, 0.25) is 0 Å². The molecule has 0 aliphatic heterocycles. The number of carbonyl (C=O) groups excluding carboxylic acids is 4. The Bertz CT molecular complexity index is 1910. The van der Waals surface area contributed by atoms with Crippen LogP contribution in [0, 0.1) is 11.8 Å². The SMILES string of the molecule is CCCCCCCCCCCCCCCCCCCCCCC(=O)O[C@H](COC(=O)CCCCCCCCCCCCCCCCCC)COP(=O)(O)OC[C@@H](O)COP(=O)(O)OC[C@@H](COC(=O)CCCCCCCCC(C)CC)OC(=O)CCCCCCCCCCCCC(C)C. The summed E-state index contributed by atoms with van der Waals surface area (Å²) in [6, 6.07) is 0. The third-order valence-corrected chi connectivity index (χ3v) is 21.0. The normalized spacial score (nSPS) is 14.2. The Kier molecular flexibility index (Phi) is 70.3. The Morgan fingerprint density at radius 3 is 0.768 bits per heavy atom. The maximum absolute atomic E-state index is 13.1. The van der Waals surface area contributed by atoms with Gasteiger partial charge in [0, 0.05) is 25.7 Å². The molecule has 0 heterocycles. The summed E-state index contributed by atoms with van der Waals surface area (Å²) in [6.07, 6.45) is 61.1. The van der Waals surface area contributed by atoms with Crippen LogP contribution in [0.4, 0.5) is 0 Å². The molecule has 0 spiro atoms. The molecule has 0 aromatic rings. The van der Waals surface area contributed by atoms with Crippen LogP contribution in [-0.4, -0.2) is 96.7 Å². The van der Waals surface area contributed by atoms with Gasteiger partial charge in [0.05, 0.1) is 26.4 Å². The molecular formula is C80H156O17P2. The van der Waals surface area contributed by atoms with E-state index < -0.39 is 97.5 Å². The first-order chi connectivity index (χ1) is 47.9. The van der Waals surface area contributed by atoms with Crippen LogP contribution in [0.5, 0.6) is 0 Å². The van der Waals surface area contributed by atoms with E-state index in [1.807, 2.05) is 0 Å². The van der Waals surface area contributed by atoms with Crippen molar-refractivity contribution in [1.29, 1.82) is 0 Å². The van der Waals surface area contributed by atoms with E-state index in [1.54, 1.807) is 0 Å². The molecule has 0 aliphatic rings. The first-order valence-electron chi connectivity index (χ1n) is 41.5. The number of hydrogen-bond donors (Lipinski definition) is 3. The van der Waals surface area contributed by atoms with E-state index in [1.165, 1.54) is 231 Å². The number of ether oxygens (including phenoxy) is 4.